The third kappa shape index (κ3) is 13.2. The number of hydrogen-bond acceptors (Lipinski definition) is 18. The molecule has 0 aliphatic carbocycles. The van der Waals surface area contributed by atoms with Crippen LogP contribution in [0.5, 0.6) is 0 Å². The van der Waals surface area contributed by atoms with E-state index >= 15 is 0 Å². The topological polar surface area (TPSA) is 261 Å². The second-order valence-electron chi connectivity index (χ2n) is 13.9. The van der Waals surface area contributed by atoms with Crippen molar-refractivity contribution in [2.24, 2.45) is 4.99 Å². The van der Waals surface area contributed by atoms with Crippen LogP contribution in [0.25, 0.3) is 0 Å². The molecule has 2 aliphatic heterocycles. The fourth-order valence-electron chi connectivity index (χ4n) is 6.66. The fourth-order valence-corrected chi connectivity index (χ4v) is 6.96. The number of carbonyl (C=O) groups excluding carboxylic acids is 4. The average Bonchev–Trinajstić information content (AvgIpc) is 3.28. The van der Waals surface area contributed by atoms with E-state index in [1.165, 1.54) is 60.7 Å². The van der Waals surface area contributed by atoms with E-state index in [9.17, 15) is 42.4 Å². The van der Waals surface area contributed by atoms with E-state index in [1.807, 2.05) is 0 Å². The zero-order valence-electron chi connectivity index (χ0n) is 34.5. The number of benzene rings is 4. The number of esters is 4. The summed E-state index contributed by atoms with van der Waals surface area (Å²) in [6, 6.07) is 29.5. The van der Waals surface area contributed by atoms with E-state index in [4.69, 9.17) is 37.9 Å². The van der Waals surface area contributed by atoms with E-state index in [1.54, 1.807) is 60.7 Å². The minimum Gasteiger partial charge on any atom is -0.862 e. The molecule has 0 spiro atoms. The molecule has 2 N–H and O–H groups in total. The van der Waals surface area contributed by atoms with Gasteiger partial charge in [0.25, 0.3) is 0 Å². The van der Waals surface area contributed by atoms with Crippen molar-refractivity contribution in [3.8, 4) is 0 Å². The first kappa shape index (κ1) is 49.9. The van der Waals surface area contributed by atoms with Gasteiger partial charge in [-0.15, -0.1) is 0 Å². The smallest absolute Gasteiger partial charge is 0.862 e. The molecule has 4 aromatic carbocycles. The molecule has 0 amide bonds. The second-order valence-corrected chi connectivity index (χ2v) is 15.0. The first-order valence-electron chi connectivity index (χ1n) is 19.2. The van der Waals surface area contributed by atoms with Crippen molar-refractivity contribution in [1.82, 2.24) is 0 Å². The van der Waals surface area contributed by atoms with Crippen molar-refractivity contribution in [2.45, 2.75) is 74.9 Å². The monoisotopic (exact) mass is 915 g/mol. The van der Waals surface area contributed by atoms with Gasteiger partial charge in [0.1, 0.15) is 24.4 Å². The quantitative estimate of drug-likeness (QED) is 0.0349. The van der Waals surface area contributed by atoms with E-state index in [-0.39, 0.29) is 52.9 Å². The number of aliphatic imine (C=N–C) groups is 1. The molecule has 64 heavy (non-hydrogen) atoms. The Morgan fingerprint density at radius 3 is 1.62 bits per heavy atom. The van der Waals surface area contributed by atoms with Crippen molar-refractivity contribution >= 4 is 40.2 Å². The predicted octanol–water partition coefficient (Wildman–Crippen LogP) is -0.780. The molecule has 0 saturated carbocycles. The minimum absolute atomic E-state index is 0. The van der Waals surface area contributed by atoms with Crippen LogP contribution in [0, 0.1) is 0 Å². The largest absolute Gasteiger partial charge is 1.00 e. The predicted molar refractivity (Wildman–Crippen MR) is 213 cm³/mol. The molecule has 1 unspecified atom stereocenters. The zero-order chi connectivity index (χ0) is 45.1. The molecule has 21 heteroatoms. The first-order valence-corrected chi connectivity index (χ1v) is 20.6. The Hall–Kier alpha value is -5.10. The molecule has 10 atom stereocenters. The summed E-state index contributed by atoms with van der Waals surface area (Å²) in [4.78, 5) is 59.3. The number of aliphatic hydroxyl groups is 1. The van der Waals surface area contributed by atoms with Gasteiger partial charge in [0.15, 0.2) is 37.0 Å². The Morgan fingerprint density at radius 1 is 0.688 bits per heavy atom. The molecule has 0 bridgehead atoms. The summed E-state index contributed by atoms with van der Waals surface area (Å²) in [5.41, 5.74) is 0.576. The molecule has 2 fully saturated rings. The van der Waals surface area contributed by atoms with Crippen LogP contribution in [0.2, 0.25) is 0 Å². The number of hydrogen-bond donors (Lipinski definition) is 2. The summed E-state index contributed by atoms with van der Waals surface area (Å²) >= 11 is 0. The molecule has 19 nitrogen and oxygen atoms in total. The van der Waals surface area contributed by atoms with Crippen LogP contribution in [0.4, 0.5) is 0 Å². The van der Waals surface area contributed by atoms with Crippen molar-refractivity contribution in [3.05, 3.63) is 144 Å². The molecule has 0 radical (unpaired) electrons. The third-order valence-electron chi connectivity index (χ3n) is 9.59. The van der Waals surface area contributed by atoms with Gasteiger partial charge in [0.2, 0.25) is 0 Å². The van der Waals surface area contributed by atoms with E-state index in [0.29, 0.717) is 5.56 Å². The van der Waals surface area contributed by atoms with E-state index < -0.39 is 108 Å². The van der Waals surface area contributed by atoms with E-state index in [0.717, 1.165) is 14.0 Å². The minimum atomic E-state index is -5.12. The maximum atomic E-state index is 13.9. The Morgan fingerprint density at radius 2 is 1.16 bits per heavy atom. The van der Waals surface area contributed by atoms with Crippen molar-refractivity contribution in [3.63, 3.8) is 0 Å². The Kier molecular flexibility index (Phi) is 18.1. The summed E-state index contributed by atoms with van der Waals surface area (Å²) in [6.45, 7) is -0.141. The van der Waals surface area contributed by atoms with Crippen LogP contribution >= 0.6 is 0 Å². The maximum absolute atomic E-state index is 13.9. The number of nitrogens with zero attached hydrogens (tertiary/aromatic N) is 1. The van der Waals surface area contributed by atoms with Crippen molar-refractivity contribution in [2.75, 3.05) is 13.7 Å². The zero-order valence-corrected chi connectivity index (χ0v) is 37.3. The van der Waals surface area contributed by atoms with Gasteiger partial charge in [-0.2, -0.15) is 8.42 Å². The van der Waals surface area contributed by atoms with Gasteiger partial charge in [-0.25, -0.2) is 23.4 Å². The Bertz CT molecular complexity index is 2300. The van der Waals surface area contributed by atoms with Crippen LogP contribution < -0.4 is 34.7 Å². The normalized spacial score (nSPS) is 25.8. The third-order valence-corrected chi connectivity index (χ3v) is 10.0. The molecule has 2 aliphatic rings. The molecule has 0 aromatic heterocycles. The van der Waals surface area contributed by atoms with Crippen LogP contribution in [-0.4, -0.2) is 123 Å². The summed E-state index contributed by atoms with van der Waals surface area (Å²) in [6.07, 6.45) is -17.3. The number of aliphatic hydroxyl groups excluding tert-OH is 1. The summed E-state index contributed by atoms with van der Waals surface area (Å²) < 4.78 is 84.5. The number of ether oxygens (including phenoxy) is 8. The van der Waals surface area contributed by atoms with Crippen molar-refractivity contribution < 1.29 is 114 Å². The maximum Gasteiger partial charge on any atom is 1.00 e. The van der Waals surface area contributed by atoms with Gasteiger partial charge in [-0.05, 0) is 54.8 Å². The van der Waals surface area contributed by atoms with Gasteiger partial charge in [0, 0.05) is 0 Å². The van der Waals surface area contributed by atoms with Gasteiger partial charge >= 0.3 is 63.8 Å². The standard InChI is InChI=1S/C43H43NO18S.Na/c1-25(45)44-31-33(32(46)30(24-56-63(51,52)53)57-42(31)55-23-26-15-7-3-8-16-26)61-43-37(60-40(49)29-21-13-6-14-22-29)35(59-39(48)28-19-11-5-12-20-28)34(36(62-43)41(50)54-2)58-38(47)27-17-9-4-10-18-27;/h3-22,30-37,42-43,46H,23-24H2,1-2H3,(H,44,45)(H,51,52,53);/q;+1/p-1/t30-,31-,32+,33-,34+,35+,36+,37-,42?,43-;/m1./s1. The number of methoxy groups -OCH3 is 1. The molecule has 4 aromatic rings. The second kappa shape index (κ2) is 23.2. The summed E-state index contributed by atoms with van der Waals surface area (Å²) in [7, 11) is -4.13. The van der Waals surface area contributed by atoms with Crippen molar-refractivity contribution in [1.29, 1.82) is 0 Å². The summed E-state index contributed by atoms with van der Waals surface area (Å²) in [5, 5.41) is 24.5. The number of carbonyl (C=O) groups is 4. The molecule has 6 rings (SSSR count). The van der Waals surface area contributed by atoms with Gasteiger partial charge in [-0.3, -0.25) is 9.55 Å². The molecule has 2 saturated heterocycles. The van der Waals surface area contributed by atoms with Crippen LogP contribution in [0.3, 0.4) is 0 Å². The molecule has 334 valence electrons. The Labute approximate surface area is 389 Å². The fraction of sp³-hybridized carbons (Fsp3) is 0.326. The van der Waals surface area contributed by atoms with E-state index in [2.05, 4.69) is 9.18 Å². The van der Waals surface area contributed by atoms with Crippen LogP contribution in [-0.2, 0) is 63.9 Å². The molecular formula is C43H42NNaO18S. The molecular weight excluding hydrogens is 874 g/mol. The average molecular weight is 916 g/mol. The summed E-state index contributed by atoms with van der Waals surface area (Å²) in [5.74, 6) is -5.13. The van der Waals surface area contributed by atoms with Gasteiger partial charge in [0.05, 0.1) is 37.0 Å². The van der Waals surface area contributed by atoms with Gasteiger partial charge in [-0.1, -0.05) is 84.9 Å². The SMILES string of the molecule is COC(=O)[C@H]1O[C@@H](O[C@H]2[C@@H](O)[C@@H](COS(=O)(=O)O)OC(OCc3ccccc3)[C@@H]2N=C(C)[O-])[C@H](OC(=O)c2ccccc2)[C@@H](OC(=O)c2ccccc2)[C@@H]1OC(=O)c1ccccc1.[Na+]. The first-order chi connectivity index (χ1) is 30.2. The molecule has 2 heterocycles. The van der Waals surface area contributed by atoms with Crippen LogP contribution in [0.15, 0.2) is 126 Å². The van der Waals surface area contributed by atoms with Crippen LogP contribution in [0.1, 0.15) is 43.6 Å². The van der Waals surface area contributed by atoms with Gasteiger partial charge < -0.3 is 48.1 Å². The Balaban J connectivity index is 0.00000771. The number of rotatable bonds is 16.